The molecule has 2 atom stereocenters. The zero-order valence-corrected chi connectivity index (χ0v) is 52.0. The first-order chi connectivity index (χ1) is 38.0. The van der Waals surface area contributed by atoms with E-state index in [9.17, 15) is 19.0 Å². The van der Waals surface area contributed by atoms with E-state index < -0.39 is 26.5 Å². The van der Waals surface area contributed by atoms with E-state index >= 15 is 0 Å². The van der Waals surface area contributed by atoms with Crippen LogP contribution in [0, 0.1) is 0 Å². The summed E-state index contributed by atoms with van der Waals surface area (Å²) in [6, 6.07) is 0. The smallest absolute Gasteiger partial charge is 0.306 e. The molecular weight excluding hydrogens is 990 g/mol. The Morgan fingerprint density at radius 2 is 0.692 bits per heavy atom. The molecular formula is C68H120NO8P. The zero-order chi connectivity index (χ0) is 57.0. The maximum absolute atomic E-state index is 12.8. The number of carbonyl (C=O) groups excluding carboxylic acids is 2. The Kier molecular flexibility index (Phi) is 56.3. The molecule has 0 aromatic heterocycles. The molecule has 78 heavy (non-hydrogen) atoms. The van der Waals surface area contributed by atoms with Crippen molar-refractivity contribution in [2.75, 3.05) is 47.5 Å². The van der Waals surface area contributed by atoms with Gasteiger partial charge in [-0.05, 0) is 89.9 Å². The van der Waals surface area contributed by atoms with Gasteiger partial charge in [0.2, 0.25) is 0 Å². The van der Waals surface area contributed by atoms with E-state index in [1.807, 2.05) is 21.1 Å². The van der Waals surface area contributed by atoms with Crippen LogP contribution in [0.2, 0.25) is 0 Å². The minimum Gasteiger partial charge on any atom is -0.756 e. The minimum absolute atomic E-state index is 0.0341. The Morgan fingerprint density at radius 3 is 1.03 bits per heavy atom. The Balaban J connectivity index is 4.08. The van der Waals surface area contributed by atoms with Crippen molar-refractivity contribution in [2.24, 2.45) is 0 Å². The molecule has 0 spiro atoms. The third-order valence-electron chi connectivity index (χ3n) is 13.6. The summed E-state index contributed by atoms with van der Waals surface area (Å²) < 4.78 is 34.3. The number of hydrogen-bond donors (Lipinski definition) is 0. The number of likely N-dealkylation sites (N-methyl/N-ethyl adjacent to an activating group) is 1. The van der Waals surface area contributed by atoms with Gasteiger partial charge in [-0.25, -0.2) is 0 Å². The first-order valence-corrected chi connectivity index (χ1v) is 33.4. The summed E-state index contributed by atoms with van der Waals surface area (Å²) >= 11 is 0. The minimum atomic E-state index is -4.64. The number of carbonyl (C=O) groups is 2. The van der Waals surface area contributed by atoms with Gasteiger partial charge >= 0.3 is 11.9 Å². The van der Waals surface area contributed by atoms with Crippen molar-refractivity contribution in [2.45, 2.75) is 277 Å². The summed E-state index contributed by atoms with van der Waals surface area (Å²) in [4.78, 5) is 38.0. The Morgan fingerprint density at radius 1 is 0.397 bits per heavy atom. The number of unbranched alkanes of at least 4 members (excludes halogenated alkanes) is 28. The van der Waals surface area contributed by atoms with E-state index in [4.69, 9.17) is 18.5 Å². The van der Waals surface area contributed by atoms with Gasteiger partial charge in [0.15, 0.2) is 6.10 Å². The number of allylic oxidation sites excluding steroid dienone is 16. The van der Waals surface area contributed by atoms with Crippen molar-refractivity contribution < 1.29 is 42.1 Å². The number of nitrogens with zero attached hydrogens (tertiary/aromatic N) is 1. The van der Waals surface area contributed by atoms with Crippen LogP contribution < -0.4 is 4.89 Å². The molecule has 0 heterocycles. The van der Waals surface area contributed by atoms with Gasteiger partial charge in [-0.15, -0.1) is 0 Å². The lowest BCUT2D eigenvalue weighted by Gasteiger charge is -2.28. The van der Waals surface area contributed by atoms with Crippen molar-refractivity contribution in [1.29, 1.82) is 0 Å². The number of ether oxygens (including phenoxy) is 2. The monoisotopic (exact) mass is 1110 g/mol. The molecule has 0 aliphatic heterocycles. The molecule has 0 bridgehead atoms. The van der Waals surface area contributed by atoms with Crippen molar-refractivity contribution in [3.8, 4) is 0 Å². The maximum atomic E-state index is 12.8. The molecule has 0 aliphatic carbocycles. The van der Waals surface area contributed by atoms with Crippen LogP contribution in [-0.4, -0.2) is 70.0 Å². The van der Waals surface area contributed by atoms with Gasteiger partial charge in [0.25, 0.3) is 7.82 Å². The number of esters is 2. The van der Waals surface area contributed by atoms with Crippen molar-refractivity contribution in [3.63, 3.8) is 0 Å². The first-order valence-electron chi connectivity index (χ1n) is 31.9. The Hall–Kier alpha value is -3.07. The Bertz CT molecular complexity index is 1640. The van der Waals surface area contributed by atoms with E-state index in [0.717, 1.165) is 103 Å². The van der Waals surface area contributed by atoms with Crippen molar-refractivity contribution >= 4 is 19.8 Å². The summed E-state index contributed by atoms with van der Waals surface area (Å²) in [5, 5.41) is 0. The van der Waals surface area contributed by atoms with Gasteiger partial charge in [0, 0.05) is 12.8 Å². The highest BCUT2D eigenvalue weighted by Crippen LogP contribution is 2.38. The summed E-state index contributed by atoms with van der Waals surface area (Å²) in [7, 11) is 1.16. The highest BCUT2D eigenvalue weighted by molar-refractivity contribution is 7.45. The highest BCUT2D eigenvalue weighted by Gasteiger charge is 2.22. The number of rotatable bonds is 58. The second-order valence-corrected chi connectivity index (χ2v) is 23.8. The molecule has 0 aliphatic rings. The maximum Gasteiger partial charge on any atom is 0.306 e. The van der Waals surface area contributed by atoms with E-state index in [2.05, 4.69) is 111 Å². The molecule has 9 nitrogen and oxygen atoms in total. The lowest BCUT2D eigenvalue weighted by Crippen LogP contribution is -2.37. The standard InChI is InChI=1S/C68H120NO8P/c1-6-8-10-12-14-16-18-20-22-24-26-28-30-31-32-33-34-35-36-37-39-41-43-45-47-49-51-53-55-57-59-61-68(71)77-66(65-76-78(72,73)75-63-62-69(3,4)5)64-74-67(70)60-58-56-54-52-50-48-46-44-42-40-38-29-27-25-23-21-19-17-15-13-11-9-7-2/h8-11,14-17,20-23,26-29,66H,6-7,12-13,18-19,24-25,30-65H2,1-5H3/b10-8-,11-9-,16-14-,17-15-,22-20-,23-21-,28-26-,29-27-. The second kappa shape index (κ2) is 58.6. The normalized spacial score (nSPS) is 13.9. The predicted molar refractivity (Wildman–Crippen MR) is 332 cm³/mol. The number of hydrogen-bond acceptors (Lipinski definition) is 8. The third-order valence-corrected chi connectivity index (χ3v) is 14.6. The molecule has 0 N–H and O–H groups in total. The fraction of sp³-hybridized carbons (Fsp3) is 0.735. The van der Waals surface area contributed by atoms with Crippen LogP contribution in [0.15, 0.2) is 97.2 Å². The molecule has 0 rings (SSSR count). The molecule has 0 aromatic carbocycles. The van der Waals surface area contributed by atoms with Crippen LogP contribution in [0.1, 0.15) is 271 Å². The van der Waals surface area contributed by atoms with Gasteiger partial charge in [0.1, 0.15) is 19.8 Å². The van der Waals surface area contributed by atoms with E-state index in [1.54, 1.807) is 0 Å². The molecule has 0 amide bonds. The molecule has 0 aromatic rings. The van der Waals surface area contributed by atoms with Crippen LogP contribution in [0.4, 0.5) is 0 Å². The lowest BCUT2D eigenvalue weighted by atomic mass is 10.0. The molecule has 450 valence electrons. The topological polar surface area (TPSA) is 111 Å². The predicted octanol–water partition coefficient (Wildman–Crippen LogP) is 19.7. The first kappa shape index (κ1) is 74.9. The average molecular weight is 1110 g/mol. The van der Waals surface area contributed by atoms with Gasteiger partial charge in [-0.2, -0.15) is 0 Å². The second-order valence-electron chi connectivity index (χ2n) is 22.4. The van der Waals surface area contributed by atoms with Crippen molar-refractivity contribution in [3.05, 3.63) is 97.2 Å². The van der Waals surface area contributed by atoms with Crippen molar-refractivity contribution in [1.82, 2.24) is 0 Å². The molecule has 2 unspecified atom stereocenters. The van der Waals surface area contributed by atoms with Crippen LogP contribution in [0.3, 0.4) is 0 Å². The molecule has 0 radical (unpaired) electrons. The largest absolute Gasteiger partial charge is 0.756 e. The molecule has 0 saturated heterocycles. The average Bonchev–Trinajstić information content (AvgIpc) is 3.40. The van der Waals surface area contributed by atoms with Gasteiger partial charge < -0.3 is 27.9 Å². The quantitative estimate of drug-likeness (QED) is 0.0195. The van der Waals surface area contributed by atoms with E-state index in [1.165, 1.54) is 135 Å². The summed E-state index contributed by atoms with van der Waals surface area (Å²) in [6.45, 7) is 4.03. The highest BCUT2D eigenvalue weighted by atomic mass is 31.2. The third kappa shape index (κ3) is 62.1. The Labute approximate surface area is 481 Å². The SMILES string of the molecule is CC/C=C\C/C=C\C/C=C\C/C=C\CCCCCCCCCCCCCCCCCCCCC(=O)OC(COC(=O)CCCCCCCCCCCC/C=C\C/C=C\C/C=C\C/C=C\CC)COP(=O)([O-])OCC[N+](C)(C)C. The van der Waals surface area contributed by atoms with Gasteiger partial charge in [-0.1, -0.05) is 265 Å². The van der Waals surface area contributed by atoms with Gasteiger partial charge in [0.05, 0.1) is 27.7 Å². The van der Waals surface area contributed by atoms with E-state index in [0.29, 0.717) is 17.4 Å². The number of quaternary nitrogens is 1. The molecule has 10 heteroatoms. The summed E-state index contributed by atoms with van der Waals surface area (Å²) in [5.74, 6) is -0.833. The number of phosphoric ester groups is 1. The van der Waals surface area contributed by atoms with Gasteiger partial charge in [-0.3, -0.25) is 14.2 Å². The van der Waals surface area contributed by atoms with Crippen LogP contribution in [-0.2, 0) is 32.7 Å². The van der Waals surface area contributed by atoms with E-state index in [-0.39, 0.29) is 32.0 Å². The summed E-state index contributed by atoms with van der Waals surface area (Å²) in [5.41, 5.74) is 0. The molecule has 0 fully saturated rings. The van der Waals surface area contributed by atoms with Crippen LogP contribution in [0.25, 0.3) is 0 Å². The fourth-order valence-corrected chi connectivity index (χ4v) is 9.49. The zero-order valence-electron chi connectivity index (χ0n) is 51.1. The number of phosphoric acid groups is 1. The summed E-state index contributed by atoms with van der Waals surface area (Å²) in [6.07, 6.45) is 80.4. The molecule has 0 saturated carbocycles. The van der Waals surface area contributed by atoms with Crippen LogP contribution >= 0.6 is 7.82 Å². The fourth-order valence-electron chi connectivity index (χ4n) is 8.76. The van der Waals surface area contributed by atoms with Crippen LogP contribution in [0.5, 0.6) is 0 Å². The lowest BCUT2D eigenvalue weighted by molar-refractivity contribution is -0.870.